The molecule has 0 atom stereocenters. The number of carbonyl (C=O) groups is 3. The summed E-state index contributed by atoms with van der Waals surface area (Å²) in [7, 11) is 1.16. The molecule has 1 N–H and O–H groups in total. The fourth-order valence-electron chi connectivity index (χ4n) is 2.58. The Hall–Kier alpha value is -3.56. The van der Waals surface area contributed by atoms with E-state index in [2.05, 4.69) is 10.1 Å². The SMILES string of the molecule is COC(=O)c1ccc(CN2C(=O)NC(=Cc3ccccc3C(F)(F)F)C2=O)o1. The first kappa shape index (κ1) is 19.2. The van der Waals surface area contributed by atoms with Crippen molar-refractivity contribution in [2.24, 2.45) is 0 Å². The second kappa shape index (κ2) is 7.22. The number of nitrogens with one attached hydrogen (secondary N) is 1. The van der Waals surface area contributed by atoms with E-state index in [4.69, 9.17) is 4.42 Å². The summed E-state index contributed by atoms with van der Waals surface area (Å²) >= 11 is 0. The number of nitrogens with zero attached hydrogens (tertiary/aromatic N) is 1. The largest absolute Gasteiger partial charge is 0.463 e. The van der Waals surface area contributed by atoms with Gasteiger partial charge in [-0.1, -0.05) is 18.2 Å². The number of benzene rings is 1. The van der Waals surface area contributed by atoms with E-state index < -0.39 is 29.6 Å². The maximum absolute atomic E-state index is 13.1. The number of alkyl halides is 3. The van der Waals surface area contributed by atoms with Crippen molar-refractivity contribution >= 4 is 24.0 Å². The van der Waals surface area contributed by atoms with Gasteiger partial charge in [0.2, 0.25) is 5.76 Å². The molecular weight excluding hydrogens is 381 g/mol. The summed E-state index contributed by atoms with van der Waals surface area (Å²) in [5, 5.41) is 2.24. The molecule has 0 spiro atoms. The molecule has 2 heterocycles. The van der Waals surface area contributed by atoms with Crippen LogP contribution in [-0.2, 0) is 22.3 Å². The molecule has 0 saturated carbocycles. The van der Waals surface area contributed by atoms with Gasteiger partial charge in [-0.25, -0.2) is 9.59 Å². The maximum Gasteiger partial charge on any atom is 0.416 e. The van der Waals surface area contributed by atoms with Crippen molar-refractivity contribution in [1.82, 2.24) is 10.2 Å². The van der Waals surface area contributed by atoms with E-state index in [1.54, 1.807) is 0 Å². The van der Waals surface area contributed by atoms with E-state index >= 15 is 0 Å². The molecule has 28 heavy (non-hydrogen) atoms. The van der Waals surface area contributed by atoms with Gasteiger partial charge in [0.1, 0.15) is 11.5 Å². The molecule has 7 nitrogen and oxygen atoms in total. The molecular formula is C18H13F3N2O5. The summed E-state index contributed by atoms with van der Waals surface area (Å²) in [6.07, 6.45) is -3.65. The van der Waals surface area contributed by atoms with Crippen LogP contribution in [0, 0.1) is 0 Å². The number of ether oxygens (including phenoxy) is 1. The standard InChI is InChI=1S/C18H13F3N2O5/c1-27-16(25)14-7-6-11(28-14)9-23-15(24)13(22-17(23)26)8-10-4-2-3-5-12(10)18(19,20)21/h2-8H,9H2,1H3,(H,22,26). The van der Waals surface area contributed by atoms with Gasteiger partial charge in [0.25, 0.3) is 5.91 Å². The van der Waals surface area contributed by atoms with Gasteiger partial charge in [0.15, 0.2) is 0 Å². The number of carbonyl (C=O) groups excluding carboxylic acids is 3. The van der Waals surface area contributed by atoms with Crippen LogP contribution < -0.4 is 5.32 Å². The monoisotopic (exact) mass is 394 g/mol. The average Bonchev–Trinajstić information content (AvgIpc) is 3.21. The Morgan fingerprint density at radius 2 is 1.93 bits per heavy atom. The second-order valence-electron chi connectivity index (χ2n) is 5.72. The fourth-order valence-corrected chi connectivity index (χ4v) is 2.58. The van der Waals surface area contributed by atoms with Crippen molar-refractivity contribution in [1.29, 1.82) is 0 Å². The highest BCUT2D eigenvalue weighted by Gasteiger charge is 2.36. The number of rotatable bonds is 4. The number of amides is 3. The quantitative estimate of drug-likeness (QED) is 0.489. The van der Waals surface area contributed by atoms with Crippen LogP contribution in [0.25, 0.3) is 6.08 Å². The van der Waals surface area contributed by atoms with Crippen molar-refractivity contribution in [2.45, 2.75) is 12.7 Å². The smallest absolute Gasteiger partial charge is 0.416 e. The van der Waals surface area contributed by atoms with Crippen LogP contribution in [0.4, 0.5) is 18.0 Å². The third kappa shape index (κ3) is 3.75. The minimum Gasteiger partial charge on any atom is -0.463 e. The van der Waals surface area contributed by atoms with Gasteiger partial charge in [-0.2, -0.15) is 13.2 Å². The van der Waals surface area contributed by atoms with Gasteiger partial charge in [0, 0.05) is 0 Å². The molecule has 0 unspecified atom stereocenters. The van der Waals surface area contributed by atoms with Gasteiger partial charge in [-0.3, -0.25) is 9.69 Å². The summed E-state index contributed by atoms with van der Waals surface area (Å²) in [6, 6.07) is 6.55. The highest BCUT2D eigenvalue weighted by molar-refractivity contribution is 6.13. The van der Waals surface area contributed by atoms with Gasteiger partial charge >= 0.3 is 18.2 Å². The molecule has 1 fully saturated rings. The first-order chi connectivity index (χ1) is 13.2. The summed E-state index contributed by atoms with van der Waals surface area (Å²) in [5.74, 6) is -1.54. The number of imide groups is 1. The Morgan fingerprint density at radius 1 is 1.21 bits per heavy atom. The topological polar surface area (TPSA) is 88.9 Å². The molecule has 1 aliphatic rings. The molecule has 0 radical (unpaired) electrons. The number of furan rings is 1. The Bertz CT molecular complexity index is 978. The Labute approximate surface area is 156 Å². The van der Waals surface area contributed by atoms with Gasteiger partial charge in [-0.15, -0.1) is 0 Å². The highest BCUT2D eigenvalue weighted by atomic mass is 19.4. The van der Waals surface area contributed by atoms with E-state index in [0.717, 1.165) is 24.2 Å². The first-order valence-electron chi connectivity index (χ1n) is 7.88. The van der Waals surface area contributed by atoms with Crippen LogP contribution in [0.2, 0.25) is 0 Å². The molecule has 3 amide bonds. The van der Waals surface area contributed by atoms with E-state index in [1.165, 1.54) is 30.3 Å². The van der Waals surface area contributed by atoms with Crippen molar-refractivity contribution in [3.8, 4) is 0 Å². The Kier molecular flexibility index (Phi) is 4.95. The molecule has 2 aromatic rings. The number of esters is 1. The van der Waals surface area contributed by atoms with Crippen LogP contribution in [0.15, 0.2) is 46.5 Å². The number of urea groups is 1. The first-order valence-corrected chi connectivity index (χ1v) is 7.88. The van der Waals surface area contributed by atoms with Crippen molar-refractivity contribution < 1.29 is 36.7 Å². The van der Waals surface area contributed by atoms with Crippen LogP contribution in [0.1, 0.15) is 27.4 Å². The zero-order valence-corrected chi connectivity index (χ0v) is 14.4. The summed E-state index contributed by atoms with van der Waals surface area (Å²) in [4.78, 5) is 36.6. The van der Waals surface area contributed by atoms with E-state index in [-0.39, 0.29) is 29.3 Å². The minimum atomic E-state index is -4.61. The van der Waals surface area contributed by atoms with Gasteiger partial charge in [0.05, 0.1) is 19.2 Å². The number of halogens is 3. The number of hydrogen-bond donors (Lipinski definition) is 1. The van der Waals surface area contributed by atoms with E-state index in [0.29, 0.717) is 0 Å². The fraction of sp³-hybridized carbons (Fsp3) is 0.167. The molecule has 146 valence electrons. The number of hydrogen-bond acceptors (Lipinski definition) is 5. The van der Waals surface area contributed by atoms with Crippen molar-refractivity contribution in [2.75, 3.05) is 7.11 Å². The molecule has 0 bridgehead atoms. The average molecular weight is 394 g/mol. The van der Waals surface area contributed by atoms with Crippen LogP contribution >= 0.6 is 0 Å². The third-order valence-corrected chi connectivity index (χ3v) is 3.89. The van der Waals surface area contributed by atoms with Crippen molar-refractivity contribution in [3.05, 3.63) is 64.7 Å². The van der Waals surface area contributed by atoms with Crippen LogP contribution in [0.3, 0.4) is 0 Å². The van der Waals surface area contributed by atoms with E-state index in [1.807, 2.05) is 0 Å². The predicted octanol–water partition coefficient (Wildman–Crippen LogP) is 3.18. The van der Waals surface area contributed by atoms with Gasteiger partial charge in [-0.05, 0) is 29.8 Å². The zero-order chi connectivity index (χ0) is 20.5. The second-order valence-corrected chi connectivity index (χ2v) is 5.72. The summed E-state index contributed by atoms with van der Waals surface area (Å²) < 4.78 is 49.0. The third-order valence-electron chi connectivity index (χ3n) is 3.89. The lowest BCUT2D eigenvalue weighted by atomic mass is 10.1. The molecule has 1 aliphatic heterocycles. The lowest BCUT2D eigenvalue weighted by Gasteiger charge is -2.10. The Balaban J connectivity index is 1.84. The van der Waals surface area contributed by atoms with Crippen LogP contribution in [-0.4, -0.2) is 29.9 Å². The molecule has 10 heteroatoms. The molecule has 3 rings (SSSR count). The lowest BCUT2D eigenvalue weighted by Crippen LogP contribution is -2.30. The summed E-state index contributed by atoms with van der Waals surface area (Å²) in [6.45, 7) is -0.306. The molecule has 0 aliphatic carbocycles. The normalized spacial score (nSPS) is 15.9. The highest BCUT2D eigenvalue weighted by Crippen LogP contribution is 2.33. The van der Waals surface area contributed by atoms with Gasteiger partial charge < -0.3 is 14.5 Å². The van der Waals surface area contributed by atoms with Crippen LogP contribution in [0.5, 0.6) is 0 Å². The molecule has 1 saturated heterocycles. The van der Waals surface area contributed by atoms with E-state index in [9.17, 15) is 27.6 Å². The predicted molar refractivity (Wildman–Crippen MR) is 88.6 cm³/mol. The lowest BCUT2D eigenvalue weighted by molar-refractivity contribution is -0.137. The maximum atomic E-state index is 13.1. The zero-order valence-electron chi connectivity index (χ0n) is 14.4. The Morgan fingerprint density at radius 3 is 2.61 bits per heavy atom. The minimum absolute atomic E-state index is 0.112. The molecule has 1 aromatic carbocycles. The van der Waals surface area contributed by atoms with Crippen molar-refractivity contribution in [3.63, 3.8) is 0 Å². The molecule has 1 aromatic heterocycles. The summed E-state index contributed by atoms with van der Waals surface area (Å²) in [5.41, 5.74) is -1.50. The number of methoxy groups -OCH3 is 1.